The van der Waals surface area contributed by atoms with Crippen LogP contribution >= 0.6 is 0 Å². The molecule has 1 aromatic heterocycles. The Morgan fingerprint density at radius 1 is 1.25 bits per heavy atom. The van der Waals surface area contributed by atoms with Gasteiger partial charge in [-0.05, 0) is 25.0 Å². The third-order valence-corrected chi connectivity index (χ3v) is 2.59. The first-order valence-electron chi connectivity index (χ1n) is 5.36. The van der Waals surface area contributed by atoms with Crippen molar-refractivity contribution >= 4 is 11.8 Å². The number of carbonyl (C=O) groups is 2. The Morgan fingerprint density at radius 2 is 1.81 bits per heavy atom. The molecule has 4 heteroatoms. The molecule has 0 spiro atoms. The van der Waals surface area contributed by atoms with Gasteiger partial charge >= 0.3 is 5.97 Å². The van der Waals surface area contributed by atoms with Crippen LogP contribution in [0.25, 0.3) is 0 Å². The lowest BCUT2D eigenvalue weighted by atomic mass is 9.97. The summed E-state index contributed by atoms with van der Waals surface area (Å²) in [4.78, 5) is 23.0. The van der Waals surface area contributed by atoms with E-state index in [2.05, 4.69) is 4.74 Å². The fourth-order valence-electron chi connectivity index (χ4n) is 1.54. The predicted molar refractivity (Wildman–Crippen MR) is 58.5 cm³/mol. The summed E-state index contributed by atoms with van der Waals surface area (Å²) >= 11 is 0. The van der Waals surface area contributed by atoms with E-state index in [4.69, 9.17) is 4.42 Å². The van der Waals surface area contributed by atoms with E-state index >= 15 is 0 Å². The Hall–Kier alpha value is -1.58. The van der Waals surface area contributed by atoms with Crippen molar-refractivity contribution in [2.75, 3.05) is 7.11 Å². The summed E-state index contributed by atoms with van der Waals surface area (Å²) in [6, 6.07) is 2.98. The summed E-state index contributed by atoms with van der Waals surface area (Å²) in [6.45, 7) is 3.91. The molecule has 0 fully saturated rings. The summed E-state index contributed by atoms with van der Waals surface area (Å²) < 4.78 is 9.66. The van der Waals surface area contributed by atoms with E-state index in [1.54, 1.807) is 0 Å². The van der Waals surface area contributed by atoms with Gasteiger partial charge in [-0.3, -0.25) is 4.79 Å². The average molecular weight is 224 g/mol. The van der Waals surface area contributed by atoms with Crippen LogP contribution in [-0.2, 0) is 4.74 Å². The Balaban J connectivity index is 2.85. The van der Waals surface area contributed by atoms with Crippen molar-refractivity contribution in [3.63, 3.8) is 0 Å². The lowest BCUT2D eigenvalue weighted by molar-refractivity contribution is 0.0562. The molecule has 16 heavy (non-hydrogen) atoms. The van der Waals surface area contributed by atoms with Gasteiger partial charge in [0.2, 0.25) is 11.5 Å². The molecule has 0 aliphatic carbocycles. The number of hydrogen-bond acceptors (Lipinski definition) is 4. The zero-order valence-electron chi connectivity index (χ0n) is 9.78. The largest absolute Gasteiger partial charge is 0.463 e. The van der Waals surface area contributed by atoms with E-state index in [1.165, 1.54) is 19.2 Å². The fraction of sp³-hybridized carbons (Fsp3) is 0.500. The minimum Gasteiger partial charge on any atom is -0.463 e. The van der Waals surface area contributed by atoms with Gasteiger partial charge in [0.15, 0.2) is 5.76 Å². The molecule has 4 nitrogen and oxygen atoms in total. The molecule has 0 atom stereocenters. The minimum atomic E-state index is -0.566. The lowest BCUT2D eigenvalue weighted by Gasteiger charge is -2.07. The van der Waals surface area contributed by atoms with Gasteiger partial charge in [-0.25, -0.2) is 4.79 Å². The molecule has 1 aromatic rings. The molecule has 88 valence electrons. The standard InChI is InChI=1S/C12H16O4/c1-4-8(5-2)11(13)9-6-7-10(16-9)12(14)15-3/h6-8H,4-5H2,1-3H3. The number of hydrogen-bond donors (Lipinski definition) is 0. The molecule has 0 unspecified atom stereocenters. The average Bonchev–Trinajstić information content (AvgIpc) is 2.78. The summed E-state index contributed by atoms with van der Waals surface area (Å²) in [5.74, 6) is -0.369. The third kappa shape index (κ3) is 2.51. The van der Waals surface area contributed by atoms with Crippen LogP contribution < -0.4 is 0 Å². The normalized spacial score (nSPS) is 10.5. The topological polar surface area (TPSA) is 56.5 Å². The van der Waals surface area contributed by atoms with Crippen LogP contribution in [0, 0.1) is 5.92 Å². The maximum atomic E-state index is 11.9. The molecule has 0 aromatic carbocycles. The van der Waals surface area contributed by atoms with E-state index < -0.39 is 5.97 Å². The zero-order chi connectivity index (χ0) is 12.1. The van der Waals surface area contributed by atoms with Crippen molar-refractivity contribution < 1.29 is 18.7 Å². The number of esters is 1. The van der Waals surface area contributed by atoms with Crippen LogP contribution in [0.1, 0.15) is 47.8 Å². The minimum absolute atomic E-state index is 0.0448. The van der Waals surface area contributed by atoms with Gasteiger partial charge in [0.1, 0.15) is 0 Å². The van der Waals surface area contributed by atoms with Gasteiger partial charge in [0.25, 0.3) is 0 Å². The van der Waals surface area contributed by atoms with Gasteiger partial charge in [0, 0.05) is 5.92 Å². The number of ketones is 1. The number of Topliss-reactive ketones (excluding diaryl/α,β-unsaturated/α-hetero) is 1. The molecule has 0 aliphatic heterocycles. The molecule has 0 N–H and O–H groups in total. The predicted octanol–water partition coefficient (Wildman–Crippen LogP) is 2.69. The molecule has 1 rings (SSSR count). The van der Waals surface area contributed by atoms with E-state index in [-0.39, 0.29) is 23.2 Å². The van der Waals surface area contributed by atoms with E-state index in [0.717, 1.165) is 12.8 Å². The first kappa shape index (κ1) is 12.5. The van der Waals surface area contributed by atoms with Crippen molar-refractivity contribution in [1.29, 1.82) is 0 Å². The Labute approximate surface area is 94.6 Å². The Morgan fingerprint density at radius 3 is 2.31 bits per heavy atom. The SMILES string of the molecule is CCC(CC)C(=O)c1ccc(C(=O)OC)o1. The van der Waals surface area contributed by atoms with Crippen molar-refractivity contribution in [2.45, 2.75) is 26.7 Å². The van der Waals surface area contributed by atoms with Gasteiger partial charge in [-0.2, -0.15) is 0 Å². The van der Waals surface area contributed by atoms with Crippen LogP contribution in [0.3, 0.4) is 0 Å². The molecule has 0 bridgehead atoms. The summed E-state index contributed by atoms with van der Waals surface area (Å²) in [7, 11) is 1.27. The Kier molecular flexibility index (Phi) is 4.28. The molecule has 0 amide bonds. The van der Waals surface area contributed by atoms with Gasteiger partial charge in [-0.1, -0.05) is 13.8 Å². The number of carbonyl (C=O) groups excluding carboxylic acids is 2. The van der Waals surface area contributed by atoms with Crippen LogP contribution in [0.15, 0.2) is 16.5 Å². The molecular weight excluding hydrogens is 208 g/mol. The monoisotopic (exact) mass is 224 g/mol. The van der Waals surface area contributed by atoms with Crippen LogP contribution in [0.2, 0.25) is 0 Å². The third-order valence-electron chi connectivity index (χ3n) is 2.59. The fourth-order valence-corrected chi connectivity index (χ4v) is 1.54. The molecule has 0 saturated carbocycles. The highest BCUT2D eigenvalue weighted by atomic mass is 16.5. The molecule has 0 radical (unpaired) electrons. The number of furan rings is 1. The van der Waals surface area contributed by atoms with Crippen molar-refractivity contribution in [2.24, 2.45) is 5.92 Å². The van der Waals surface area contributed by atoms with Gasteiger partial charge in [0.05, 0.1) is 7.11 Å². The van der Waals surface area contributed by atoms with Crippen molar-refractivity contribution in [3.8, 4) is 0 Å². The number of rotatable bonds is 5. The van der Waals surface area contributed by atoms with Crippen molar-refractivity contribution in [1.82, 2.24) is 0 Å². The second kappa shape index (κ2) is 5.49. The van der Waals surface area contributed by atoms with Crippen LogP contribution in [0.4, 0.5) is 0 Å². The molecule has 0 aliphatic rings. The van der Waals surface area contributed by atoms with Crippen LogP contribution in [-0.4, -0.2) is 18.9 Å². The van der Waals surface area contributed by atoms with E-state index in [1.807, 2.05) is 13.8 Å². The summed E-state index contributed by atoms with van der Waals surface area (Å²) in [6.07, 6.45) is 1.53. The first-order valence-corrected chi connectivity index (χ1v) is 5.36. The number of ether oxygens (including phenoxy) is 1. The van der Waals surface area contributed by atoms with Crippen molar-refractivity contribution in [3.05, 3.63) is 23.7 Å². The Bertz CT molecular complexity index is 374. The highest BCUT2D eigenvalue weighted by Gasteiger charge is 2.21. The van der Waals surface area contributed by atoms with E-state index in [9.17, 15) is 9.59 Å². The zero-order valence-corrected chi connectivity index (χ0v) is 9.78. The quantitative estimate of drug-likeness (QED) is 0.570. The molecule has 1 heterocycles. The maximum absolute atomic E-state index is 11.9. The second-order valence-electron chi connectivity index (χ2n) is 3.53. The molecule has 0 saturated heterocycles. The second-order valence-corrected chi connectivity index (χ2v) is 3.53. The maximum Gasteiger partial charge on any atom is 0.373 e. The molecular formula is C12H16O4. The first-order chi connectivity index (χ1) is 7.63. The van der Waals surface area contributed by atoms with Gasteiger partial charge in [-0.15, -0.1) is 0 Å². The van der Waals surface area contributed by atoms with E-state index in [0.29, 0.717) is 0 Å². The highest BCUT2D eigenvalue weighted by Crippen LogP contribution is 2.18. The highest BCUT2D eigenvalue weighted by molar-refractivity contribution is 5.96. The lowest BCUT2D eigenvalue weighted by Crippen LogP contribution is -2.12. The van der Waals surface area contributed by atoms with Crippen LogP contribution in [0.5, 0.6) is 0 Å². The summed E-state index contributed by atoms with van der Waals surface area (Å²) in [5.41, 5.74) is 0. The van der Waals surface area contributed by atoms with Gasteiger partial charge < -0.3 is 9.15 Å². The summed E-state index contributed by atoms with van der Waals surface area (Å²) in [5, 5.41) is 0. The number of methoxy groups -OCH3 is 1. The smallest absolute Gasteiger partial charge is 0.373 e.